The number of nitrogens with zero attached hydrogens (tertiary/aromatic N) is 8. The van der Waals surface area contributed by atoms with Gasteiger partial charge in [-0.1, -0.05) is 17.7 Å². The van der Waals surface area contributed by atoms with Crippen molar-refractivity contribution in [2.24, 2.45) is 0 Å². The first-order valence-electron chi connectivity index (χ1n) is 10.0. The molecule has 2 aromatic heterocycles. The number of hydrogen-bond acceptors (Lipinski definition) is 7. The zero-order chi connectivity index (χ0) is 21.4. The SMILES string of the molecule is COc1ccc(-c2nnc3n2CCCN3C(C)c2nnn(-c3cccc(Cl)c3)n2)cc1. The first-order chi connectivity index (χ1) is 15.1. The van der Waals surface area contributed by atoms with E-state index < -0.39 is 0 Å². The van der Waals surface area contributed by atoms with Gasteiger partial charge in [-0.25, -0.2) is 0 Å². The third kappa shape index (κ3) is 3.61. The molecule has 0 saturated carbocycles. The molecule has 0 amide bonds. The largest absolute Gasteiger partial charge is 0.497 e. The van der Waals surface area contributed by atoms with Crippen LogP contribution in [-0.4, -0.2) is 48.6 Å². The van der Waals surface area contributed by atoms with Crippen molar-refractivity contribution in [2.45, 2.75) is 25.9 Å². The average molecular weight is 437 g/mol. The minimum Gasteiger partial charge on any atom is -0.497 e. The summed E-state index contributed by atoms with van der Waals surface area (Å²) in [6, 6.07) is 15.1. The molecule has 3 heterocycles. The summed E-state index contributed by atoms with van der Waals surface area (Å²) in [5.41, 5.74) is 1.76. The number of hydrogen-bond donors (Lipinski definition) is 0. The molecule has 0 fully saturated rings. The van der Waals surface area contributed by atoms with Gasteiger partial charge in [0.2, 0.25) is 5.95 Å². The Hall–Kier alpha value is -3.46. The van der Waals surface area contributed by atoms with Crippen LogP contribution in [0.15, 0.2) is 48.5 Å². The molecular weight excluding hydrogens is 416 g/mol. The van der Waals surface area contributed by atoms with E-state index in [1.165, 1.54) is 4.80 Å². The van der Waals surface area contributed by atoms with E-state index in [1.807, 2.05) is 42.5 Å². The van der Waals surface area contributed by atoms with E-state index >= 15 is 0 Å². The van der Waals surface area contributed by atoms with Crippen molar-refractivity contribution in [3.8, 4) is 22.8 Å². The van der Waals surface area contributed by atoms with Gasteiger partial charge in [0, 0.05) is 23.7 Å². The van der Waals surface area contributed by atoms with Crippen molar-refractivity contribution < 1.29 is 4.74 Å². The second kappa shape index (κ2) is 7.99. The highest BCUT2D eigenvalue weighted by Gasteiger charge is 2.29. The molecule has 0 aliphatic carbocycles. The first kappa shape index (κ1) is 19.5. The van der Waals surface area contributed by atoms with Gasteiger partial charge in [-0.3, -0.25) is 4.57 Å². The lowest BCUT2D eigenvalue weighted by atomic mass is 10.2. The molecule has 0 spiro atoms. The average Bonchev–Trinajstić information content (AvgIpc) is 3.46. The van der Waals surface area contributed by atoms with Crippen LogP contribution in [-0.2, 0) is 6.54 Å². The molecule has 1 aliphatic rings. The van der Waals surface area contributed by atoms with Crippen LogP contribution in [0.1, 0.15) is 25.2 Å². The minimum atomic E-state index is -0.111. The standard InChI is InChI=1S/C21H21ClN8O/c1-14(19-23-27-30(26-19)17-6-3-5-16(22)13-17)28-11-4-12-29-20(24-25-21(28)29)15-7-9-18(31-2)10-8-15/h3,5-10,13-14H,4,11-12H2,1-2H3. The Kier molecular flexibility index (Phi) is 5.03. The van der Waals surface area contributed by atoms with E-state index in [1.54, 1.807) is 13.2 Å². The van der Waals surface area contributed by atoms with Gasteiger partial charge in [0.25, 0.3) is 0 Å². The van der Waals surface area contributed by atoms with Crippen molar-refractivity contribution in [2.75, 3.05) is 18.6 Å². The molecule has 0 saturated heterocycles. The Bertz CT molecular complexity index is 1200. The highest BCUT2D eigenvalue weighted by Crippen LogP contribution is 2.31. The number of methoxy groups -OCH3 is 1. The summed E-state index contributed by atoms with van der Waals surface area (Å²) in [4.78, 5) is 3.66. The summed E-state index contributed by atoms with van der Waals surface area (Å²) >= 11 is 6.09. The van der Waals surface area contributed by atoms with E-state index in [9.17, 15) is 0 Å². The summed E-state index contributed by atoms with van der Waals surface area (Å²) < 4.78 is 7.40. The zero-order valence-corrected chi connectivity index (χ0v) is 17.9. The maximum Gasteiger partial charge on any atom is 0.228 e. The number of aromatic nitrogens is 7. The van der Waals surface area contributed by atoms with Crippen LogP contribution in [0.4, 0.5) is 5.95 Å². The minimum absolute atomic E-state index is 0.111. The molecule has 2 aromatic carbocycles. The molecule has 10 heteroatoms. The maximum atomic E-state index is 6.09. The molecule has 158 valence electrons. The number of tetrazole rings is 1. The van der Waals surface area contributed by atoms with Gasteiger partial charge in [0.1, 0.15) is 5.75 Å². The first-order valence-corrected chi connectivity index (χ1v) is 10.4. The van der Waals surface area contributed by atoms with E-state index in [2.05, 4.69) is 42.0 Å². The Morgan fingerprint density at radius 3 is 2.65 bits per heavy atom. The molecule has 0 bridgehead atoms. The van der Waals surface area contributed by atoms with Crippen LogP contribution in [0.5, 0.6) is 5.75 Å². The monoisotopic (exact) mass is 436 g/mol. The number of ether oxygens (including phenoxy) is 1. The van der Waals surface area contributed by atoms with Crippen molar-refractivity contribution in [3.05, 3.63) is 59.4 Å². The lowest BCUT2D eigenvalue weighted by Crippen LogP contribution is -2.35. The van der Waals surface area contributed by atoms with Crippen molar-refractivity contribution >= 4 is 17.5 Å². The number of halogens is 1. The Morgan fingerprint density at radius 1 is 1.03 bits per heavy atom. The van der Waals surface area contributed by atoms with E-state index in [0.29, 0.717) is 10.8 Å². The van der Waals surface area contributed by atoms with Crippen LogP contribution in [0.2, 0.25) is 5.02 Å². The predicted octanol–water partition coefficient (Wildman–Crippen LogP) is 3.55. The summed E-state index contributed by atoms with van der Waals surface area (Å²) in [6.07, 6.45) is 0.973. The summed E-state index contributed by atoms with van der Waals surface area (Å²) in [6.45, 7) is 3.75. The summed E-state index contributed by atoms with van der Waals surface area (Å²) in [7, 11) is 1.66. The van der Waals surface area contributed by atoms with Gasteiger partial charge in [-0.05, 0) is 61.0 Å². The number of fused-ring (bicyclic) bond motifs is 1. The number of benzene rings is 2. The van der Waals surface area contributed by atoms with E-state index in [4.69, 9.17) is 16.3 Å². The molecule has 4 aromatic rings. The quantitative estimate of drug-likeness (QED) is 0.472. The van der Waals surface area contributed by atoms with Crippen molar-refractivity contribution in [1.82, 2.24) is 35.0 Å². The van der Waals surface area contributed by atoms with Gasteiger partial charge in [-0.15, -0.1) is 25.2 Å². The van der Waals surface area contributed by atoms with Crippen LogP contribution < -0.4 is 9.64 Å². The second-order valence-electron chi connectivity index (χ2n) is 7.34. The summed E-state index contributed by atoms with van der Waals surface area (Å²) in [5.74, 6) is 3.07. The molecule has 9 nitrogen and oxygen atoms in total. The molecule has 0 radical (unpaired) electrons. The molecule has 5 rings (SSSR count). The maximum absolute atomic E-state index is 6.09. The molecule has 1 atom stereocenters. The smallest absolute Gasteiger partial charge is 0.228 e. The number of anilines is 1. The third-order valence-corrected chi connectivity index (χ3v) is 5.66. The van der Waals surface area contributed by atoms with Crippen LogP contribution >= 0.6 is 11.6 Å². The van der Waals surface area contributed by atoms with Crippen LogP contribution in [0, 0.1) is 0 Å². The highest BCUT2D eigenvalue weighted by molar-refractivity contribution is 6.30. The summed E-state index contributed by atoms with van der Waals surface area (Å²) in [5, 5.41) is 22.6. The van der Waals surface area contributed by atoms with Gasteiger partial charge in [0.15, 0.2) is 11.6 Å². The van der Waals surface area contributed by atoms with E-state index in [-0.39, 0.29) is 6.04 Å². The van der Waals surface area contributed by atoms with Gasteiger partial charge in [-0.2, -0.15) is 0 Å². The number of rotatable bonds is 5. The molecule has 0 N–H and O–H groups in total. The van der Waals surface area contributed by atoms with Gasteiger partial charge < -0.3 is 9.64 Å². The fraction of sp³-hybridized carbons (Fsp3) is 0.286. The zero-order valence-electron chi connectivity index (χ0n) is 17.2. The van der Waals surface area contributed by atoms with Crippen LogP contribution in [0.25, 0.3) is 17.1 Å². The third-order valence-electron chi connectivity index (χ3n) is 5.43. The van der Waals surface area contributed by atoms with Crippen molar-refractivity contribution in [3.63, 3.8) is 0 Å². The Balaban J connectivity index is 1.43. The highest BCUT2D eigenvalue weighted by atomic mass is 35.5. The lowest BCUT2D eigenvalue weighted by Gasteiger charge is -2.32. The molecule has 1 aliphatic heterocycles. The normalized spacial score (nSPS) is 14.4. The fourth-order valence-electron chi connectivity index (χ4n) is 3.77. The second-order valence-corrected chi connectivity index (χ2v) is 7.78. The van der Waals surface area contributed by atoms with Crippen LogP contribution in [0.3, 0.4) is 0 Å². The molecule has 1 unspecified atom stereocenters. The van der Waals surface area contributed by atoms with Crippen molar-refractivity contribution in [1.29, 1.82) is 0 Å². The van der Waals surface area contributed by atoms with E-state index in [0.717, 1.165) is 48.3 Å². The van der Waals surface area contributed by atoms with Gasteiger partial charge >= 0.3 is 0 Å². The lowest BCUT2D eigenvalue weighted by molar-refractivity contribution is 0.415. The Morgan fingerprint density at radius 2 is 1.87 bits per heavy atom. The Labute approximate surface area is 184 Å². The van der Waals surface area contributed by atoms with Gasteiger partial charge in [0.05, 0.1) is 18.8 Å². The fourth-order valence-corrected chi connectivity index (χ4v) is 3.96. The predicted molar refractivity (Wildman–Crippen MR) is 117 cm³/mol. The molecular formula is C21H21ClN8O. The molecule has 31 heavy (non-hydrogen) atoms. The topological polar surface area (TPSA) is 86.8 Å².